The summed E-state index contributed by atoms with van der Waals surface area (Å²) in [6, 6.07) is 13.0. The van der Waals surface area contributed by atoms with Gasteiger partial charge in [0, 0.05) is 6.54 Å². The molecule has 2 aromatic carbocycles. The van der Waals surface area contributed by atoms with Gasteiger partial charge in [0.2, 0.25) is 17.7 Å². The Labute approximate surface area is 330 Å². The van der Waals surface area contributed by atoms with Gasteiger partial charge in [0.25, 0.3) is 0 Å². The maximum atomic E-state index is 12.5. The minimum Gasteiger partial charge on any atom is -0.508 e. The fourth-order valence-electron chi connectivity index (χ4n) is 4.56. The molecule has 1 unspecified atom stereocenters. The van der Waals surface area contributed by atoms with Crippen LogP contribution in [-0.2, 0) is 23.9 Å². The number of ether oxygens (including phenoxy) is 1. The number of hydrogen-bond acceptors (Lipinski definition) is 9. The summed E-state index contributed by atoms with van der Waals surface area (Å²) in [6.45, 7) is 20.7. The fourth-order valence-corrected chi connectivity index (χ4v) is 4.56. The zero-order valence-corrected chi connectivity index (χ0v) is 35.1. The van der Waals surface area contributed by atoms with Crippen LogP contribution in [0.25, 0.3) is 0 Å². The van der Waals surface area contributed by atoms with Crippen LogP contribution in [0.5, 0.6) is 5.75 Å². The van der Waals surface area contributed by atoms with Crippen molar-refractivity contribution in [2.45, 2.75) is 113 Å². The maximum Gasteiger partial charge on any atom is 0.325 e. The van der Waals surface area contributed by atoms with Gasteiger partial charge in [-0.2, -0.15) is 0 Å². The van der Waals surface area contributed by atoms with E-state index in [4.69, 9.17) is 32.8 Å². The Balaban J connectivity index is 0. The number of nitrogens with one attached hydrogen (secondary N) is 3. The predicted octanol–water partition coefficient (Wildman–Crippen LogP) is 3.78. The third-order valence-corrected chi connectivity index (χ3v) is 7.85. The molecule has 0 heterocycles. The number of aliphatic imine (C=N–C) groups is 1. The number of nitrogens with two attached hydrogens (primary N) is 4. The number of benzene rings is 2. The van der Waals surface area contributed by atoms with Crippen molar-refractivity contribution in [3.63, 3.8) is 0 Å². The molecular weight excluding hydrogens is 701 g/mol. The van der Waals surface area contributed by atoms with Crippen molar-refractivity contribution in [1.82, 2.24) is 16.0 Å². The lowest BCUT2D eigenvalue weighted by Crippen LogP contribution is -2.50. The predicted molar refractivity (Wildman–Crippen MR) is 223 cm³/mol. The molecular formula is C41H72N8O6. The van der Waals surface area contributed by atoms with E-state index in [9.17, 15) is 19.2 Å². The smallest absolute Gasteiger partial charge is 0.325 e. The van der Waals surface area contributed by atoms with Crippen LogP contribution in [0.3, 0.4) is 0 Å². The zero-order chi connectivity index (χ0) is 42.6. The average Bonchev–Trinajstić information content (AvgIpc) is 3.10. The maximum absolute atomic E-state index is 12.5. The van der Waals surface area contributed by atoms with E-state index in [1.165, 1.54) is 11.1 Å². The normalized spacial score (nSPS) is 11.4. The van der Waals surface area contributed by atoms with Crippen LogP contribution in [-0.4, -0.2) is 79.6 Å². The summed E-state index contributed by atoms with van der Waals surface area (Å²) >= 11 is 0. The van der Waals surface area contributed by atoms with E-state index in [0.717, 1.165) is 24.1 Å². The Morgan fingerprint density at radius 1 is 0.873 bits per heavy atom. The van der Waals surface area contributed by atoms with Gasteiger partial charge in [-0.25, -0.2) is 0 Å². The molecule has 3 amide bonds. The molecule has 0 aromatic heterocycles. The summed E-state index contributed by atoms with van der Waals surface area (Å²) < 4.78 is 5.56. The summed E-state index contributed by atoms with van der Waals surface area (Å²) in [6.07, 6.45) is 3.11. The third-order valence-electron chi connectivity index (χ3n) is 7.85. The van der Waals surface area contributed by atoms with E-state index >= 15 is 0 Å². The second kappa shape index (κ2) is 29.6. The lowest BCUT2D eigenvalue weighted by atomic mass is 9.85. The van der Waals surface area contributed by atoms with E-state index in [2.05, 4.69) is 67.7 Å². The Morgan fingerprint density at radius 3 is 1.87 bits per heavy atom. The number of aromatic hydroxyl groups is 1. The van der Waals surface area contributed by atoms with Crippen LogP contribution in [0.2, 0.25) is 0 Å². The molecule has 0 aliphatic rings. The number of phenols is 1. The summed E-state index contributed by atoms with van der Waals surface area (Å²) in [4.78, 5) is 51.8. The third kappa shape index (κ3) is 29.4. The van der Waals surface area contributed by atoms with Crippen molar-refractivity contribution in [3.8, 4) is 5.75 Å². The number of unbranched alkanes of at least 4 members (excludes halogenated alkanes) is 1. The molecule has 0 aliphatic carbocycles. The molecule has 2 aromatic rings. The first kappa shape index (κ1) is 52.4. The van der Waals surface area contributed by atoms with E-state index in [0.29, 0.717) is 38.0 Å². The van der Waals surface area contributed by atoms with Crippen LogP contribution in [0.15, 0.2) is 47.5 Å². The summed E-state index contributed by atoms with van der Waals surface area (Å²) in [5.74, 6) is -1.34. The summed E-state index contributed by atoms with van der Waals surface area (Å²) in [5.41, 5.74) is 25.6. The van der Waals surface area contributed by atoms with Crippen LogP contribution in [0.1, 0.15) is 95.9 Å². The molecule has 0 saturated carbocycles. The number of aryl methyl sites for hydroxylation is 3. The summed E-state index contributed by atoms with van der Waals surface area (Å²) in [7, 11) is 0. The molecule has 0 fully saturated rings. The molecule has 0 saturated heterocycles. The largest absolute Gasteiger partial charge is 0.508 e. The Kier molecular flexibility index (Phi) is 28.2. The highest BCUT2D eigenvalue weighted by atomic mass is 16.5. The van der Waals surface area contributed by atoms with Crippen LogP contribution < -0.4 is 38.9 Å². The van der Waals surface area contributed by atoms with Gasteiger partial charge in [-0.05, 0) is 106 Å². The van der Waals surface area contributed by atoms with Crippen molar-refractivity contribution < 1.29 is 29.0 Å². The van der Waals surface area contributed by atoms with Crippen LogP contribution in [0, 0.1) is 39.0 Å². The van der Waals surface area contributed by atoms with Crippen LogP contribution >= 0.6 is 0 Å². The van der Waals surface area contributed by atoms with Gasteiger partial charge in [-0.1, -0.05) is 77.4 Å². The molecule has 2 atom stereocenters. The number of esters is 1. The molecule has 0 radical (unpaired) electrons. The zero-order valence-electron chi connectivity index (χ0n) is 35.1. The van der Waals surface area contributed by atoms with Crippen molar-refractivity contribution in [1.29, 1.82) is 0 Å². The number of hydrogen-bond donors (Lipinski definition) is 8. The highest BCUT2D eigenvalue weighted by molar-refractivity contribution is 5.91. The van der Waals surface area contributed by atoms with Gasteiger partial charge in [0.05, 0.1) is 13.1 Å². The summed E-state index contributed by atoms with van der Waals surface area (Å²) in [5, 5.41) is 16.6. The van der Waals surface area contributed by atoms with Crippen molar-refractivity contribution >= 4 is 29.7 Å². The van der Waals surface area contributed by atoms with E-state index in [1.807, 2.05) is 52.8 Å². The van der Waals surface area contributed by atoms with Crippen molar-refractivity contribution in [3.05, 3.63) is 64.7 Å². The monoisotopic (exact) mass is 773 g/mol. The minimum absolute atomic E-state index is 0.00382. The minimum atomic E-state index is -0.850. The highest BCUT2D eigenvalue weighted by Gasteiger charge is 2.26. The van der Waals surface area contributed by atoms with Gasteiger partial charge >= 0.3 is 5.97 Å². The van der Waals surface area contributed by atoms with Crippen molar-refractivity contribution in [2.24, 2.45) is 39.3 Å². The molecule has 312 valence electrons. The van der Waals surface area contributed by atoms with Gasteiger partial charge in [-0.15, -0.1) is 0 Å². The molecule has 0 bridgehead atoms. The van der Waals surface area contributed by atoms with Crippen molar-refractivity contribution in [2.75, 3.05) is 32.7 Å². The molecule has 0 spiro atoms. The number of rotatable bonds is 16. The molecule has 14 nitrogen and oxygen atoms in total. The second-order valence-electron chi connectivity index (χ2n) is 14.8. The molecule has 2 rings (SSSR count). The van der Waals surface area contributed by atoms with Gasteiger partial charge in [0.1, 0.15) is 24.4 Å². The average molecular weight is 773 g/mol. The molecule has 55 heavy (non-hydrogen) atoms. The number of carbonyl (C=O) groups excluding carboxylic acids is 4. The Bertz CT molecular complexity index is 1400. The number of carbonyl (C=O) groups is 4. The van der Waals surface area contributed by atoms with Gasteiger partial charge in [0.15, 0.2) is 5.96 Å². The molecule has 0 aliphatic heterocycles. The number of guanidine groups is 1. The first-order valence-electron chi connectivity index (χ1n) is 18.9. The number of nitrogens with zero attached hydrogens (tertiary/aromatic N) is 1. The first-order chi connectivity index (χ1) is 25.7. The quantitative estimate of drug-likeness (QED) is 0.0531. The standard InChI is InChI=1S/C21H41N5O5.C9H12O.C7H8.C4H11N3/c1-14(2)16(10-21(3,4)5)31-19(29)13-25-20(30)15(8-6-7-9-22)26-18(28)12-24-17(27)11-23;1-6-4-9(10)5-7(2)8(6)3;1-7-5-3-2-4-6-7;1-2-3-7-4(5)6/h14-16H,6-13,22-23H2,1-5H3,(H,24,27)(H,25,30)(H,26,28);4-5,10H,1-3H3;2-6H,1H3;2-3H2,1H3,(H4,5,6,7)/t15-,16?;;;/m0.../s1. The Morgan fingerprint density at radius 2 is 1.45 bits per heavy atom. The topological polar surface area (TPSA) is 250 Å². The second-order valence-corrected chi connectivity index (χ2v) is 14.8. The molecule has 12 N–H and O–H groups in total. The SMILES string of the molecule is CC(C)C(CC(C)(C)C)OC(=O)CNC(=O)[C@H](CCCCN)NC(=O)CNC(=O)CN.CCCN=C(N)N.Cc1cc(O)cc(C)c1C.Cc1ccccc1. The van der Waals surface area contributed by atoms with Gasteiger partial charge < -0.3 is 48.7 Å². The van der Waals surface area contributed by atoms with Gasteiger partial charge in [-0.3, -0.25) is 24.2 Å². The lowest BCUT2D eigenvalue weighted by Gasteiger charge is -2.28. The fraction of sp³-hybridized carbons (Fsp3) is 0.585. The van der Waals surface area contributed by atoms with Crippen LogP contribution in [0.4, 0.5) is 0 Å². The lowest BCUT2D eigenvalue weighted by molar-refractivity contribution is -0.152. The number of phenolic OH excluding ortho intramolecular Hbond substituents is 1. The molecule has 14 heteroatoms. The van der Waals surface area contributed by atoms with E-state index < -0.39 is 29.7 Å². The van der Waals surface area contributed by atoms with E-state index in [1.54, 1.807) is 12.1 Å². The van der Waals surface area contributed by atoms with E-state index in [-0.39, 0.29) is 43.0 Å². The highest BCUT2D eigenvalue weighted by Crippen LogP contribution is 2.26. The Hall–Kier alpha value is -4.69. The first-order valence-corrected chi connectivity index (χ1v) is 18.9. The number of amides is 3.